The highest BCUT2D eigenvalue weighted by Crippen LogP contribution is 2.17. The first-order valence-electron chi connectivity index (χ1n) is 8.30. The highest BCUT2D eigenvalue weighted by molar-refractivity contribution is 5.78. The van der Waals surface area contributed by atoms with Crippen molar-refractivity contribution < 1.29 is 14.3 Å². The number of halogens is 1. The molecule has 3 rings (SSSR count). The Bertz CT molecular complexity index is 529. The molecule has 1 aromatic carbocycles. The van der Waals surface area contributed by atoms with Gasteiger partial charge in [0.1, 0.15) is 5.82 Å². The van der Waals surface area contributed by atoms with E-state index >= 15 is 0 Å². The number of piperazine rings is 1. The Kier molecular flexibility index (Phi) is 5.13. The number of carbonyl (C=O) groups excluding carboxylic acids is 1. The van der Waals surface area contributed by atoms with Crippen LogP contribution in [0.3, 0.4) is 0 Å². The molecule has 0 spiro atoms. The van der Waals surface area contributed by atoms with Gasteiger partial charge in [-0.15, -0.1) is 0 Å². The number of rotatable bonds is 3. The summed E-state index contributed by atoms with van der Waals surface area (Å²) in [5, 5.41) is 9.68. The number of hydrogen-bond acceptors (Lipinski definition) is 4. The Labute approximate surface area is 136 Å². The van der Waals surface area contributed by atoms with E-state index in [0.29, 0.717) is 26.2 Å². The second-order valence-corrected chi connectivity index (χ2v) is 6.38. The Morgan fingerprint density at radius 3 is 2.48 bits per heavy atom. The first kappa shape index (κ1) is 16.2. The minimum absolute atomic E-state index is 0.137. The number of nitrogens with zero attached hydrogens (tertiary/aromatic N) is 3. The molecule has 5 nitrogen and oxygen atoms in total. The van der Waals surface area contributed by atoms with Gasteiger partial charge in [-0.05, 0) is 43.7 Å². The number of hydrogen-bond donors (Lipinski definition) is 1. The smallest absolute Gasteiger partial charge is 0.236 e. The molecule has 2 heterocycles. The number of carbonyl (C=O) groups is 1. The Morgan fingerprint density at radius 1 is 1.13 bits per heavy atom. The van der Waals surface area contributed by atoms with Gasteiger partial charge in [0, 0.05) is 38.4 Å². The number of aliphatic hydroxyl groups is 1. The minimum Gasteiger partial charge on any atom is -0.392 e. The van der Waals surface area contributed by atoms with Crippen molar-refractivity contribution in [3.05, 3.63) is 30.1 Å². The predicted molar refractivity (Wildman–Crippen MR) is 86.9 cm³/mol. The molecule has 0 aromatic heterocycles. The van der Waals surface area contributed by atoms with Gasteiger partial charge >= 0.3 is 0 Å². The molecule has 2 aliphatic heterocycles. The first-order valence-corrected chi connectivity index (χ1v) is 8.30. The lowest BCUT2D eigenvalue weighted by Gasteiger charge is -2.37. The van der Waals surface area contributed by atoms with E-state index in [0.717, 1.165) is 38.2 Å². The van der Waals surface area contributed by atoms with E-state index in [1.54, 1.807) is 12.1 Å². The highest BCUT2D eigenvalue weighted by atomic mass is 19.1. The Hall–Kier alpha value is -1.66. The van der Waals surface area contributed by atoms with Gasteiger partial charge in [0.05, 0.1) is 12.6 Å². The molecule has 1 aromatic rings. The molecule has 2 saturated heterocycles. The monoisotopic (exact) mass is 321 g/mol. The van der Waals surface area contributed by atoms with Gasteiger partial charge in [-0.25, -0.2) is 4.39 Å². The number of anilines is 1. The lowest BCUT2D eigenvalue weighted by Crippen LogP contribution is -2.52. The van der Waals surface area contributed by atoms with Crippen LogP contribution in [-0.2, 0) is 4.79 Å². The van der Waals surface area contributed by atoms with E-state index in [-0.39, 0.29) is 17.8 Å². The van der Waals surface area contributed by atoms with Gasteiger partial charge in [-0.1, -0.05) is 0 Å². The third kappa shape index (κ3) is 4.20. The molecule has 126 valence electrons. The molecule has 1 N–H and O–H groups in total. The van der Waals surface area contributed by atoms with E-state index in [1.807, 2.05) is 9.80 Å². The van der Waals surface area contributed by atoms with E-state index < -0.39 is 0 Å². The molecule has 0 radical (unpaired) electrons. The molecule has 2 fully saturated rings. The van der Waals surface area contributed by atoms with Crippen LogP contribution >= 0.6 is 0 Å². The van der Waals surface area contributed by atoms with Crippen molar-refractivity contribution in [2.24, 2.45) is 0 Å². The van der Waals surface area contributed by atoms with Crippen molar-refractivity contribution in [1.29, 1.82) is 0 Å². The quantitative estimate of drug-likeness (QED) is 0.900. The zero-order valence-electron chi connectivity index (χ0n) is 13.3. The first-order chi connectivity index (χ1) is 11.1. The fourth-order valence-corrected chi connectivity index (χ4v) is 3.33. The molecule has 0 bridgehead atoms. The maximum atomic E-state index is 13.0. The number of amides is 1. The van der Waals surface area contributed by atoms with Crippen LogP contribution in [0.5, 0.6) is 0 Å². The summed E-state index contributed by atoms with van der Waals surface area (Å²) >= 11 is 0. The number of likely N-dealkylation sites (tertiary alicyclic amines) is 1. The average molecular weight is 321 g/mol. The predicted octanol–water partition coefficient (Wildman–Crippen LogP) is 0.931. The van der Waals surface area contributed by atoms with E-state index in [2.05, 4.69) is 4.90 Å². The lowest BCUT2D eigenvalue weighted by molar-refractivity contribution is -0.133. The van der Waals surface area contributed by atoms with Crippen LogP contribution in [0, 0.1) is 5.82 Å². The van der Waals surface area contributed by atoms with Crippen molar-refractivity contribution in [2.45, 2.75) is 18.9 Å². The van der Waals surface area contributed by atoms with Crippen LogP contribution in [0.15, 0.2) is 24.3 Å². The third-order valence-electron chi connectivity index (χ3n) is 4.66. The molecule has 1 unspecified atom stereocenters. The molecule has 0 saturated carbocycles. The normalized spacial score (nSPS) is 23.1. The zero-order chi connectivity index (χ0) is 16.2. The molecular formula is C17H24FN3O2. The van der Waals surface area contributed by atoms with Crippen LogP contribution in [0.1, 0.15) is 12.8 Å². The van der Waals surface area contributed by atoms with Crippen molar-refractivity contribution in [2.75, 3.05) is 50.7 Å². The largest absolute Gasteiger partial charge is 0.392 e. The summed E-state index contributed by atoms with van der Waals surface area (Å²) in [6.07, 6.45) is 1.49. The summed E-state index contributed by atoms with van der Waals surface area (Å²) < 4.78 is 13.0. The lowest BCUT2D eigenvalue weighted by atomic mass is 10.1. The van der Waals surface area contributed by atoms with Gasteiger partial charge < -0.3 is 14.9 Å². The highest BCUT2D eigenvalue weighted by Gasteiger charge is 2.25. The molecule has 1 atom stereocenters. The SMILES string of the molecule is O=C(CN1CCCC(O)C1)N1CCN(c2ccc(F)cc2)CC1. The minimum atomic E-state index is -0.299. The van der Waals surface area contributed by atoms with E-state index in [9.17, 15) is 14.3 Å². The molecule has 1 amide bonds. The second kappa shape index (κ2) is 7.27. The maximum Gasteiger partial charge on any atom is 0.236 e. The van der Waals surface area contributed by atoms with E-state index in [4.69, 9.17) is 0 Å². The fraction of sp³-hybridized carbons (Fsp3) is 0.588. The number of β-amino-alcohol motifs (C(OH)–C–C–N with tert-alkyl or cyclic N) is 1. The standard InChI is InChI=1S/C17H24FN3O2/c18-14-3-5-15(6-4-14)20-8-10-21(11-9-20)17(23)13-19-7-1-2-16(22)12-19/h3-6,16,22H,1-2,7-13H2. The number of aliphatic hydroxyl groups excluding tert-OH is 1. The Balaban J connectivity index is 1.48. The van der Waals surface area contributed by atoms with Crippen molar-refractivity contribution in [3.63, 3.8) is 0 Å². The summed E-state index contributed by atoms with van der Waals surface area (Å²) in [6, 6.07) is 6.49. The fourth-order valence-electron chi connectivity index (χ4n) is 3.33. The van der Waals surface area contributed by atoms with E-state index in [1.165, 1.54) is 12.1 Å². The number of benzene rings is 1. The van der Waals surface area contributed by atoms with Crippen molar-refractivity contribution in [1.82, 2.24) is 9.80 Å². The van der Waals surface area contributed by atoms with Gasteiger partial charge in [0.2, 0.25) is 5.91 Å². The van der Waals surface area contributed by atoms with Crippen LogP contribution in [0.4, 0.5) is 10.1 Å². The topological polar surface area (TPSA) is 47.0 Å². The van der Waals surface area contributed by atoms with Crippen molar-refractivity contribution >= 4 is 11.6 Å². The maximum absolute atomic E-state index is 13.0. The number of piperidine rings is 1. The Morgan fingerprint density at radius 2 is 1.83 bits per heavy atom. The van der Waals surface area contributed by atoms with Crippen LogP contribution in [0.2, 0.25) is 0 Å². The summed E-state index contributed by atoms with van der Waals surface area (Å²) in [7, 11) is 0. The van der Waals surface area contributed by atoms with Gasteiger partial charge in [0.15, 0.2) is 0 Å². The third-order valence-corrected chi connectivity index (χ3v) is 4.66. The van der Waals surface area contributed by atoms with Crippen LogP contribution < -0.4 is 4.90 Å². The molecule has 2 aliphatic rings. The van der Waals surface area contributed by atoms with Crippen molar-refractivity contribution in [3.8, 4) is 0 Å². The van der Waals surface area contributed by atoms with Gasteiger partial charge in [0.25, 0.3) is 0 Å². The second-order valence-electron chi connectivity index (χ2n) is 6.38. The summed E-state index contributed by atoms with van der Waals surface area (Å²) in [5.41, 5.74) is 0.998. The summed E-state index contributed by atoms with van der Waals surface area (Å²) in [5.74, 6) is -0.0934. The molecule has 23 heavy (non-hydrogen) atoms. The molecule has 0 aliphatic carbocycles. The summed E-state index contributed by atoms with van der Waals surface area (Å²) in [4.78, 5) is 18.5. The van der Waals surface area contributed by atoms with Crippen LogP contribution in [0.25, 0.3) is 0 Å². The molecule has 6 heteroatoms. The van der Waals surface area contributed by atoms with Gasteiger partial charge in [-0.2, -0.15) is 0 Å². The average Bonchev–Trinajstić information content (AvgIpc) is 2.56. The van der Waals surface area contributed by atoms with Gasteiger partial charge in [-0.3, -0.25) is 9.69 Å². The van der Waals surface area contributed by atoms with Crippen LogP contribution in [-0.4, -0.2) is 72.7 Å². The summed E-state index contributed by atoms with van der Waals surface area (Å²) in [6.45, 7) is 4.78. The zero-order valence-corrected chi connectivity index (χ0v) is 13.3. The molecular weight excluding hydrogens is 297 g/mol.